The van der Waals surface area contributed by atoms with E-state index in [1.807, 2.05) is 6.92 Å². The summed E-state index contributed by atoms with van der Waals surface area (Å²) in [5, 5.41) is 0. The number of aromatic nitrogens is 1. The SMILES string of the molecule is CC(=O)N(Cc1ncc(C)o1)[C@@H]1CCN(CCS(C)(=O)=O)C1. The van der Waals surface area contributed by atoms with Crippen molar-refractivity contribution in [3.63, 3.8) is 0 Å². The molecule has 0 radical (unpaired) electrons. The van der Waals surface area contributed by atoms with Gasteiger partial charge in [0.25, 0.3) is 0 Å². The zero-order valence-electron chi connectivity index (χ0n) is 13.3. The Morgan fingerprint density at radius 1 is 1.55 bits per heavy atom. The maximum Gasteiger partial charge on any atom is 0.220 e. The summed E-state index contributed by atoms with van der Waals surface area (Å²) in [6.07, 6.45) is 3.72. The summed E-state index contributed by atoms with van der Waals surface area (Å²) in [6.45, 7) is 5.71. The second-order valence-electron chi connectivity index (χ2n) is 5.88. The zero-order valence-corrected chi connectivity index (χ0v) is 14.1. The van der Waals surface area contributed by atoms with Gasteiger partial charge in [-0.1, -0.05) is 0 Å². The fourth-order valence-electron chi connectivity index (χ4n) is 2.68. The van der Waals surface area contributed by atoms with Crippen molar-refractivity contribution >= 4 is 15.7 Å². The molecule has 2 rings (SSSR count). The second-order valence-corrected chi connectivity index (χ2v) is 8.14. The van der Waals surface area contributed by atoms with Crippen LogP contribution in [0.25, 0.3) is 0 Å². The Bertz CT molecular complexity index is 626. The molecule has 0 bridgehead atoms. The van der Waals surface area contributed by atoms with Gasteiger partial charge in [-0.05, 0) is 13.3 Å². The molecule has 22 heavy (non-hydrogen) atoms. The Hall–Kier alpha value is -1.41. The van der Waals surface area contributed by atoms with Crippen molar-refractivity contribution < 1.29 is 17.6 Å². The normalized spacial score (nSPS) is 19.5. The number of hydrogen-bond donors (Lipinski definition) is 0. The lowest BCUT2D eigenvalue weighted by molar-refractivity contribution is -0.132. The summed E-state index contributed by atoms with van der Waals surface area (Å²) in [4.78, 5) is 19.9. The summed E-state index contributed by atoms with van der Waals surface area (Å²) in [7, 11) is -2.96. The van der Waals surface area contributed by atoms with Crippen LogP contribution in [0, 0.1) is 6.92 Å². The smallest absolute Gasteiger partial charge is 0.220 e. The van der Waals surface area contributed by atoms with Crippen LogP contribution in [0.1, 0.15) is 25.0 Å². The highest BCUT2D eigenvalue weighted by Crippen LogP contribution is 2.18. The molecular weight excluding hydrogens is 306 g/mol. The fraction of sp³-hybridized carbons (Fsp3) is 0.714. The van der Waals surface area contributed by atoms with Gasteiger partial charge in [-0.15, -0.1) is 0 Å². The minimum Gasteiger partial charge on any atom is -0.444 e. The molecule has 0 N–H and O–H groups in total. The average molecular weight is 329 g/mol. The molecule has 1 aromatic rings. The maximum absolute atomic E-state index is 11.9. The monoisotopic (exact) mass is 329 g/mol. The minimum atomic E-state index is -2.96. The second kappa shape index (κ2) is 6.78. The summed E-state index contributed by atoms with van der Waals surface area (Å²) in [5.74, 6) is 1.38. The number of amides is 1. The molecule has 1 saturated heterocycles. The molecule has 1 amide bonds. The van der Waals surface area contributed by atoms with Crippen molar-refractivity contribution in [1.82, 2.24) is 14.8 Å². The number of aryl methyl sites for hydroxylation is 1. The van der Waals surface area contributed by atoms with Crippen LogP contribution in [0.15, 0.2) is 10.6 Å². The van der Waals surface area contributed by atoms with E-state index in [1.165, 1.54) is 13.2 Å². The first-order valence-corrected chi connectivity index (χ1v) is 9.39. The minimum absolute atomic E-state index is 0.0224. The zero-order chi connectivity index (χ0) is 16.3. The highest BCUT2D eigenvalue weighted by molar-refractivity contribution is 7.90. The van der Waals surface area contributed by atoms with E-state index in [2.05, 4.69) is 9.88 Å². The van der Waals surface area contributed by atoms with E-state index in [4.69, 9.17) is 4.42 Å². The molecule has 0 spiro atoms. The molecule has 1 aromatic heterocycles. The highest BCUT2D eigenvalue weighted by atomic mass is 32.2. The Balaban J connectivity index is 1.94. The molecule has 2 heterocycles. The molecule has 1 aliphatic heterocycles. The summed E-state index contributed by atoms with van der Waals surface area (Å²) < 4.78 is 27.9. The molecule has 8 heteroatoms. The molecule has 0 unspecified atom stereocenters. The Labute approximate surface area is 131 Å². The molecular formula is C14H23N3O4S. The largest absolute Gasteiger partial charge is 0.444 e. The number of hydrogen-bond acceptors (Lipinski definition) is 6. The first-order chi connectivity index (χ1) is 10.2. The van der Waals surface area contributed by atoms with Crippen molar-refractivity contribution in [2.45, 2.75) is 32.9 Å². The third-order valence-electron chi connectivity index (χ3n) is 3.85. The quantitative estimate of drug-likeness (QED) is 0.753. The molecule has 0 saturated carbocycles. The lowest BCUT2D eigenvalue weighted by Crippen LogP contribution is -2.40. The van der Waals surface area contributed by atoms with Gasteiger partial charge in [-0.3, -0.25) is 4.79 Å². The average Bonchev–Trinajstić information content (AvgIpc) is 3.01. The Kier molecular flexibility index (Phi) is 5.23. The molecule has 1 atom stereocenters. The van der Waals surface area contributed by atoms with Crippen LogP contribution in [-0.4, -0.2) is 66.8 Å². The van der Waals surface area contributed by atoms with Gasteiger partial charge in [0.05, 0.1) is 18.5 Å². The lowest BCUT2D eigenvalue weighted by atomic mass is 10.2. The van der Waals surface area contributed by atoms with E-state index in [0.29, 0.717) is 25.5 Å². The van der Waals surface area contributed by atoms with Gasteiger partial charge < -0.3 is 14.2 Å². The number of sulfone groups is 1. The van der Waals surface area contributed by atoms with Crippen LogP contribution in [0.3, 0.4) is 0 Å². The standard InChI is InChI=1S/C14H23N3O4S/c1-11-8-15-14(21-11)10-17(12(2)18)13-4-5-16(9-13)6-7-22(3,19)20/h8,13H,4-7,9-10H2,1-3H3/t13-/m1/s1. The number of carbonyl (C=O) groups is 1. The van der Waals surface area contributed by atoms with Gasteiger partial charge in [0, 0.05) is 38.9 Å². The topological polar surface area (TPSA) is 83.7 Å². The van der Waals surface area contributed by atoms with Crippen LogP contribution in [0.2, 0.25) is 0 Å². The van der Waals surface area contributed by atoms with Crippen LogP contribution >= 0.6 is 0 Å². The molecule has 1 aliphatic rings. The summed E-state index contributed by atoms with van der Waals surface area (Å²) in [6, 6.07) is 0.0734. The van der Waals surface area contributed by atoms with Crippen LogP contribution in [-0.2, 0) is 21.2 Å². The van der Waals surface area contributed by atoms with Crippen molar-refractivity contribution in [3.8, 4) is 0 Å². The molecule has 0 aliphatic carbocycles. The summed E-state index contributed by atoms with van der Waals surface area (Å²) >= 11 is 0. The first kappa shape index (κ1) is 17.0. The molecule has 7 nitrogen and oxygen atoms in total. The van der Waals surface area contributed by atoms with Crippen molar-refractivity contribution in [2.24, 2.45) is 0 Å². The number of oxazole rings is 1. The molecule has 124 valence electrons. The third-order valence-corrected chi connectivity index (χ3v) is 4.77. The number of rotatable bonds is 6. The lowest BCUT2D eigenvalue weighted by Gasteiger charge is -2.27. The fourth-order valence-corrected chi connectivity index (χ4v) is 3.27. The molecule has 0 aromatic carbocycles. The predicted octanol–water partition coefficient (Wildman–Crippen LogP) is 0.450. The Morgan fingerprint density at radius 3 is 2.82 bits per heavy atom. The van der Waals surface area contributed by atoms with Crippen molar-refractivity contribution in [2.75, 3.05) is 31.6 Å². The van der Waals surface area contributed by atoms with E-state index in [0.717, 1.165) is 18.7 Å². The van der Waals surface area contributed by atoms with Crippen molar-refractivity contribution in [1.29, 1.82) is 0 Å². The number of nitrogens with zero attached hydrogens (tertiary/aromatic N) is 3. The van der Waals surface area contributed by atoms with E-state index >= 15 is 0 Å². The first-order valence-electron chi connectivity index (χ1n) is 7.33. The number of likely N-dealkylation sites (tertiary alicyclic amines) is 1. The Morgan fingerprint density at radius 2 is 2.27 bits per heavy atom. The van der Waals surface area contributed by atoms with Crippen LogP contribution in [0.4, 0.5) is 0 Å². The van der Waals surface area contributed by atoms with Gasteiger partial charge in [0.1, 0.15) is 15.6 Å². The van der Waals surface area contributed by atoms with Crippen molar-refractivity contribution in [3.05, 3.63) is 17.8 Å². The van der Waals surface area contributed by atoms with Crippen LogP contribution < -0.4 is 0 Å². The summed E-state index contributed by atoms with van der Waals surface area (Å²) in [5.41, 5.74) is 0. The third kappa shape index (κ3) is 4.81. The van der Waals surface area contributed by atoms with E-state index in [-0.39, 0.29) is 17.7 Å². The van der Waals surface area contributed by atoms with Gasteiger partial charge in [-0.25, -0.2) is 13.4 Å². The van der Waals surface area contributed by atoms with E-state index < -0.39 is 9.84 Å². The van der Waals surface area contributed by atoms with Gasteiger partial charge in [0.2, 0.25) is 11.8 Å². The number of carbonyl (C=O) groups excluding carboxylic acids is 1. The predicted molar refractivity (Wildman–Crippen MR) is 82.0 cm³/mol. The van der Waals surface area contributed by atoms with Crippen LogP contribution in [0.5, 0.6) is 0 Å². The maximum atomic E-state index is 11.9. The van der Waals surface area contributed by atoms with Gasteiger partial charge >= 0.3 is 0 Å². The van der Waals surface area contributed by atoms with E-state index in [9.17, 15) is 13.2 Å². The highest BCUT2D eigenvalue weighted by Gasteiger charge is 2.30. The van der Waals surface area contributed by atoms with E-state index in [1.54, 1.807) is 11.1 Å². The van der Waals surface area contributed by atoms with Gasteiger partial charge in [0.15, 0.2) is 0 Å². The molecule has 1 fully saturated rings. The van der Waals surface area contributed by atoms with Gasteiger partial charge in [-0.2, -0.15) is 0 Å².